The number of halogens is 3. The Kier molecular flexibility index (Phi) is 10.8. The minimum absolute atomic E-state index is 0. The predicted octanol–water partition coefficient (Wildman–Crippen LogP) is 2.80. The molecule has 0 saturated carbocycles. The zero-order chi connectivity index (χ0) is 19.1. The van der Waals surface area contributed by atoms with Crippen LogP contribution in [0.4, 0.5) is 4.39 Å². The van der Waals surface area contributed by atoms with Crippen LogP contribution in [0.25, 0.3) is 0 Å². The van der Waals surface area contributed by atoms with E-state index in [1.807, 2.05) is 13.8 Å². The lowest BCUT2D eigenvalue weighted by Gasteiger charge is -2.37. The lowest BCUT2D eigenvalue weighted by Crippen LogP contribution is -2.45. The van der Waals surface area contributed by atoms with Crippen molar-refractivity contribution in [1.82, 2.24) is 10.2 Å². The Morgan fingerprint density at radius 2 is 2.30 bits per heavy atom. The van der Waals surface area contributed by atoms with Crippen LogP contribution in [-0.2, 0) is 9.47 Å². The summed E-state index contributed by atoms with van der Waals surface area (Å²) in [5.74, 6) is -0.0375. The molecular weight excluding hydrogens is 486 g/mol. The van der Waals surface area contributed by atoms with Crippen molar-refractivity contribution in [3.63, 3.8) is 0 Å². The van der Waals surface area contributed by atoms with Gasteiger partial charge in [0.05, 0.1) is 31.9 Å². The smallest absolute Gasteiger partial charge is 0.188 e. The first-order chi connectivity index (χ1) is 12.4. The standard InChI is InChI=1S/C18H28ClFN4O2.HI/c1-12(11-25-3)23-18(21)22-9-16(24-7-8-26-13(2)10-24)17-14(19)5-4-6-15(17)20;/h4-6,12-13,16H,7-11H2,1-3H3,(H3,21,22,23);1H. The fraction of sp³-hybridized carbons (Fsp3) is 0.611. The van der Waals surface area contributed by atoms with Crippen LogP contribution in [0.3, 0.4) is 0 Å². The number of nitrogens with two attached hydrogens (primary N) is 1. The lowest BCUT2D eigenvalue weighted by molar-refractivity contribution is -0.0336. The minimum Gasteiger partial charge on any atom is -0.383 e. The van der Waals surface area contributed by atoms with Crippen molar-refractivity contribution in [3.8, 4) is 0 Å². The van der Waals surface area contributed by atoms with Crippen LogP contribution >= 0.6 is 35.6 Å². The highest BCUT2D eigenvalue weighted by molar-refractivity contribution is 14.0. The van der Waals surface area contributed by atoms with Crippen LogP contribution < -0.4 is 11.1 Å². The summed E-state index contributed by atoms with van der Waals surface area (Å²) in [6.07, 6.45) is 0.0676. The van der Waals surface area contributed by atoms with E-state index in [0.29, 0.717) is 49.4 Å². The van der Waals surface area contributed by atoms with Crippen LogP contribution in [-0.4, -0.2) is 63.0 Å². The first-order valence-corrected chi connectivity index (χ1v) is 9.15. The van der Waals surface area contributed by atoms with Gasteiger partial charge in [-0.25, -0.2) is 4.39 Å². The highest BCUT2D eigenvalue weighted by atomic mass is 127. The van der Waals surface area contributed by atoms with Gasteiger partial charge in [0.15, 0.2) is 5.96 Å². The maximum Gasteiger partial charge on any atom is 0.188 e. The van der Waals surface area contributed by atoms with E-state index in [4.69, 9.17) is 26.8 Å². The third-order valence-corrected chi connectivity index (χ3v) is 4.62. The van der Waals surface area contributed by atoms with Crippen molar-refractivity contribution < 1.29 is 13.9 Å². The number of ether oxygens (including phenoxy) is 2. The van der Waals surface area contributed by atoms with E-state index in [-0.39, 0.29) is 48.0 Å². The molecule has 0 radical (unpaired) electrons. The van der Waals surface area contributed by atoms with Gasteiger partial charge in [0.25, 0.3) is 0 Å². The Bertz CT molecular complexity index is 603. The van der Waals surface area contributed by atoms with E-state index in [2.05, 4.69) is 15.2 Å². The zero-order valence-corrected chi connectivity index (χ0v) is 19.0. The second-order valence-electron chi connectivity index (χ2n) is 6.55. The number of nitrogens with one attached hydrogen (secondary N) is 1. The van der Waals surface area contributed by atoms with Crippen molar-refractivity contribution in [2.45, 2.75) is 32.0 Å². The van der Waals surface area contributed by atoms with Gasteiger partial charge in [0.1, 0.15) is 5.82 Å². The number of methoxy groups -OCH3 is 1. The molecule has 1 aromatic rings. The Balaban J connectivity index is 0.00000364. The van der Waals surface area contributed by atoms with Gasteiger partial charge in [0.2, 0.25) is 0 Å². The first kappa shape index (κ1) is 24.4. The van der Waals surface area contributed by atoms with Gasteiger partial charge in [-0.15, -0.1) is 24.0 Å². The third kappa shape index (κ3) is 7.34. The van der Waals surface area contributed by atoms with Crippen molar-refractivity contribution >= 4 is 41.5 Å². The summed E-state index contributed by atoms with van der Waals surface area (Å²) in [6.45, 7) is 6.71. The van der Waals surface area contributed by atoms with E-state index in [1.165, 1.54) is 6.07 Å². The Morgan fingerprint density at radius 1 is 1.56 bits per heavy atom. The summed E-state index contributed by atoms with van der Waals surface area (Å²) in [6, 6.07) is 4.44. The molecule has 6 nitrogen and oxygen atoms in total. The minimum atomic E-state index is -0.337. The van der Waals surface area contributed by atoms with E-state index < -0.39 is 0 Å². The summed E-state index contributed by atoms with van der Waals surface area (Å²) in [5.41, 5.74) is 6.43. The average molecular weight is 515 g/mol. The van der Waals surface area contributed by atoms with Gasteiger partial charge in [-0.05, 0) is 26.0 Å². The number of guanidine groups is 1. The number of morpholine rings is 1. The van der Waals surface area contributed by atoms with Crippen LogP contribution in [0.15, 0.2) is 23.2 Å². The zero-order valence-electron chi connectivity index (χ0n) is 16.0. The number of rotatable bonds is 7. The Labute approximate surface area is 182 Å². The second kappa shape index (κ2) is 12.0. The highest BCUT2D eigenvalue weighted by Crippen LogP contribution is 2.31. The maximum absolute atomic E-state index is 14.5. The van der Waals surface area contributed by atoms with Crippen LogP contribution in [0, 0.1) is 5.82 Å². The monoisotopic (exact) mass is 514 g/mol. The van der Waals surface area contributed by atoms with Gasteiger partial charge in [-0.3, -0.25) is 9.89 Å². The van der Waals surface area contributed by atoms with E-state index in [9.17, 15) is 4.39 Å². The topological polar surface area (TPSA) is 72.1 Å². The molecule has 0 amide bonds. The molecule has 9 heteroatoms. The molecule has 154 valence electrons. The van der Waals surface area contributed by atoms with Crippen molar-refractivity contribution in [2.75, 3.05) is 40.0 Å². The summed E-state index contributed by atoms with van der Waals surface area (Å²) in [7, 11) is 1.63. The van der Waals surface area contributed by atoms with Crippen LogP contribution in [0.1, 0.15) is 25.5 Å². The molecule has 3 atom stereocenters. The average Bonchev–Trinajstić information content (AvgIpc) is 2.57. The Hall–Kier alpha value is -0.680. The van der Waals surface area contributed by atoms with Crippen molar-refractivity contribution in [3.05, 3.63) is 34.6 Å². The molecule has 1 saturated heterocycles. The molecule has 1 aromatic carbocycles. The van der Waals surface area contributed by atoms with Gasteiger partial charge in [0, 0.05) is 36.8 Å². The van der Waals surface area contributed by atoms with Crippen LogP contribution in [0.2, 0.25) is 5.02 Å². The molecule has 1 fully saturated rings. The van der Waals surface area contributed by atoms with Gasteiger partial charge >= 0.3 is 0 Å². The van der Waals surface area contributed by atoms with Crippen molar-refractivity contribution in [1.29, 1.82) is 0 Å². The number of hydrogen-bond donors (Lipinski definition) is 2. The summed E-state index contributed by atoms with van der Waals surface area (Å²) in [4.78, 5) is 6.57. The summed E-state index contributed by atoms with van der Waals surface area (Å²) >= 11 is 6.31. The second-order valence-corrected chi connectivity index (χ2v) is 6.96. The lowest BCUT2D eigenvalue weighted by atomic mass is 10.0. The molecule has 1 aliphatic rings. The fourth-order valence-corrected chi connectivity index (χ4v) is 3.41. The first-order valence-electron chi connectivity index (χ1n) is 8.77. The number of hydrogen-bond acceptors (Lipinski definition) is 4. The molecule has 1 aliphatic heterocycles. The molecule has 2 rings (SSSR count). The molecule has 3 unspecified atom stereocenters. The van der Waals surface area contributed by atoms with E-state index in [1.54, 1.807) is 19.2 Å². The van der Waals surface area contributed by atoms with Gasteiger partial charge in [-0.1, -0.05) is 17.7 Å². The summed E-state index contributed by atoms with van der Waals surface area (Å²) in [5, 5.41) is 3.45. The Morgan fingerprint density at radius 3 is 2.93 bits per heavy atom. The van der Waals surface area contributed by atoms with Gasteiger partial charge < -0.3 is 20.5 Å². The third-order valence-electron chi connectivity index (χ3n) is 4.29. The molecule has 0 aliphatic carbocycles. The molecule has 0 bridgehead atoms. The summed E-state index contributed by atoms with van der Waals surface area (Å²) < 4.78 is 25.2. The SMILES string of the molecule is COCC(C)NC(N)=NCC(c1c(F)cccc1Cl)N1CCOC(C)C1.I. The highest BCUT2D eigenvalue weighted by Gasteiger charge is 2.29. The molecule has 1 heterocycles. The normalized spacial score (nSPS) is 20.6. The molecular formula is C18H29ClFIN4O2. The molecule has 3 N–H and O–H groups in total. The number of benzene rings is 1. The van der Waals surface area contributed by atoms with Crippen molar-refractivity contribution in [2.24, 2.45) is 10.7 Å². The quantitative estimate of drug-likeness (QED) is 0.333. The van der Waals surface area contributed by atoms with Crippen LogP contribution in [0.5, 0.6) is 0 Å². The number of aliphatic imine (C=N–C) groups is 1. The predicted molar refractivity (Wildman–Crippen MR) is 118 cm³/mol. The maximum atomic E-state index is 14.5. The molecule has 0 spiro atoms. The molecule has 0 aromatic heterocycles. The van der Waals surface area contributed by atoms with E-state index >= 15 is 0 Å². The van der Waals surface area contributed by atoms with E-state index in [0.717, 1.165) is 0 Å². The fourth-order valence-electron chi connectivity index (χ4n) is 3.12. The largest absolute Gasteiger partial charge is 0.383 e. The van der Waals surface area contributed by atoms with Gasteiger partial charge in [-0.2, -0.15) is 0 Å². The number of nitrogens with zero attached hydrogens (tertiary/aromatic N) is 2. The molecule has 27 heavy (non-hydrogen) atoms.